The molecular weight excluding hydrogens is 1710 g/mol. The molecule has 0 atom stereocenters. The highest BCUT2D eigenvalue weighted by molar-refractivity contribution is 7.27. The van der Waals surface area contributed by atoms with Gasteiger partial charge in [-0.1, -0.05) is 206 Å². The molecule has 0 radical (unpaired) electrons. The van der Waals surface area contributed by atoms with Crippen LogP contribution in [0.1, 0.15) is 51.1 Å². The summed E-state index contributed by atoms with van der Waals surface area (Å²) in [6, 6.07) is 107. The predicted octanol–water partition coefficient (Wildman–Crippen LogP) is 32.9. The largest absolute Gasteiger partial charge is 0.454 e. The molecular formula is C113H84N10O3S5. The number of furan rings is 3. The third-order valence-electron chi connectivity index (χ3n) is 22.7. The van der Waals surface area contributed by atoms with Gasteiger partial charge in [0.05, 0.1) is 41.5 Å². The molecule has 0 aliphatic carbocycles. The van der Waals surface area contributed by atoms with Gasteiger partial charge in [-0.2, -0.15) is 0 Å². The number of pyridine rings is 6. The average Bonchev–Trinajstić information content (AvgIpc) is 1.63. The van der Waals surface area contributed by atoms with Crippen molar-refractivity contribution in [2.24, 2.45) is 0 Å². The quantitative estimate of drug-likeness (QED) is 0.132. The van der Waals surface area contributed by atoms with E-state index in [-0.39, 0.29) is 0 Å². The van der Waals surface area contributed by atoms with E-state index in [9.17, 15) is 0 Å². The zero-order chi connectivity index (χ0) is 89.2. The molecule has 0 N–H and O–H groups in total. The van der Waals surface area contributed by atoms with Crippen molar-refractivity contribution in [1.29, 1.82) is 0 Å². The number of benzene rings is 12. The second kappa shape index (κ2) is 37.0. The van der Waals surface area contributed by atoms with Gasteiger partial charge in [0, 0.05) is 142 Å². The highest BCUT2D eigenvalue weighted by Gasteiger charge is 2.15. The zero-order valence-electron chi connectivity index (χ0n) is 73.1. The lowest BCUT2D eigenvalue weighted by molar-refractivity contribution is 0.654. The standard InChI is InChI=1S/C19H14.3C12H9NO.3C12H9NS.2C11H8N2S/c1-13-7-6-12-18-16-9-3-2-8-14(16)15-10-4-5-11-17(15)19(13)18;1-8-6-10-9-4-2-3-5-11(9)14-12(10)7-13-8;1-8-6-10-9-4-2-3-5-11(9)14-12(10)13-7-8;1-8-6-7-11-12(13-8)9-4-2-3-5-10(9)14-11;1-8-6-10-9-4-2-3-5-11(9)14-12(10)7-13-8;1-8-6-10-9-4-2-3-5-11(9)14-12(10)13-7-8;1-8-6-7-11-12(13-8)9-4-2-3-5-10(9)14-11;2*1-7-12-6-10-11(13-7)8-4-2-3-5-9(8)14-10/h2-12H,1H3;6*2-7H,1H3;2*2-6H,1H3. The van der Waals surface area contributed by atoms with Gasteiger partial charge in [-0.05, 0) is 214 Å². The van der Waals surface area contributed by atoms with E-state index in [0.29, 0.717) is 0 Å². The van der Waals surface area contributed by atoms with Crippen molar-refractivity contribution in [2.45, 2.75) is 62.3 Å². The molecule has 634 valence electrons. The molecule has 0 spiro atoms. The van der Waals surface area contributed by atoms with Crippen LogP contribution in [-0.2, 0) is 0 Å². The summed E-state index contributed by atoms with van der Waals surface area (Å²) >= 11 is 8.87. The highest BCUT2D eigenvalue weighted by Crippen LogP contribution is 2.41. The van der Waals surface area contributed by atoms with Crippen molar-refractivity contribution in [2.75, 3.05) is 0 Å². The molecule has 28 aromatic rings. The van der Waals surface area contributed by atoms with Crippen molar-refractivity contribution in [3.8, 4) is 0 Å². The van der Waals surface area contributed by atoms with Crippen molar-refractivity contribution in [1.82, 2.24) is 49.8 Å². The first kappa shape index (κ1) is 84.2. The fourth-order valence-electron chi connectivity index (χ4n) is 16.6. The lowest BCUT2D eigenvalue weighted by atomic mass is 9.92. The van der Waals surface area contributed by atoms with Crippen LogP contribution in [-0.4, -0.2) is 49.8 Å². The van der Waals surface area contributed by atoms with Crippen molar-refractivity contribution in [3.63, 3.8) is 0 Å². The molecule has 16 heterocycles. The smallest absolute Gasteiger partial charge is 0.227 e. The Morgan fingerprint density at radius 1 is 0.198 bits per heavy atom. The number of fused-ring (bicyclic) bond motifs is 30. The molecule has 0 saturated carbocycles. The van der Waals surface area contributed by atoms with Gasteiger partial charge < -0.3 is 13.3 Å². The minimum absolute atomic E-state index is 0.719. The predicted molar refractivity (Wildman–Crippen MR) is 557 cm³/mol. The minimum Gasteiger partial charge on any atom is -0.454 e. The van der Waals surface area contributed by atoms with Crippen LogP contribution >= 0.6 is 56.7 Å². The maximum absolute atomic E-state index is 5.64. The Labute approximate surface area is 773 Å². The van der Waals surface area contributed by atoms with Crippen LogP contribution in [0.5, 0.6) is 0 Å². The van der Waals surface area contributed by atoms with E-state index in [2.05, 4.69) is 288 Å². The summed E-state index contributed by atoms with van der Waals surface area (Å²) < 4.78 is 28.3. The highest BCUT2D eigenvalue weighted by atomic mass is 32.1. The molecule has 0 saturated heterocycles. The zero-order valence-corrected chi connectivity index (χ0v) is 77.2. The van der Waals surface area contributed by atoms with Gasteiger partial charge >= 0.3 is 0 Å². The Bertz CT molecular complexity index is 7750. The first-order chi connectivity index (χ1) is 64.1. The summed E-state index contributed by atoms with van der Waals surface area (Å²) in [5.74, 6) is 1.67. The molecule has 16 aromatic heterocycles. The van der Waals surface area contributed by atoms with E-state index in [4.69, 9.17) is 13.3 Å². The van der Waals surface area contributed by atoms with Crippen LogP contribution in [0.4, 0.5) is 0 Å². The Balaban J connectivity index is 0.0000000922. The number of nitrogens with zero attached hydrogens (tertiary/aromatic N) is 10. The molecule has 28 rings (SSSR count). The molecule has 0 unspecified atom stereocenters. The lowest BCUT2D eigenvalue weighted by Gasteiger charge is -2.11. The number of hydrogen-bond acceptors (Lipinski definition) is 18. The van der Waals surface area contributed by atoms with Crippen molar-refractivity contribution < 1.29 is 13.3 Å². The third kappa shape index (κ3) is 17.6. The molecule has 0 bridgehead atoms. The average molecular weight is 1790 g/mol. The Kier molecular flexibility index (Phi) is 23.8. The van der Waals surface area contributed by atoms with E-state index in [1.165, 1.54) is 114 Å². The molecule has 0 aliphatic heterocycles. The first-order valence-corrected chi connectivity index (χ1v) is 47.2. The fraction of sp³-hybridized carbons (Fsp3) is 0.0796. The summed E-state index contributed by atoms with van der Waals surface area (Å²) in [7, 11) is 0. The van der Waals surface area contributed by atoms with E-state index in [1.54, 1.807) is 40.2 Å². The SMILES string of the molecule is Cc1cc2c(cn1)oc1ccccc12.Cc1cc2c(cn1)sc1ccccc12.Cc1ccc2oc3ccccc3c2n1.Cc1ccc2sc3ccccc3c2n1.Cc1cccc2c3ccccc3c3ccccc3c12.Cc1cnc2oc3ccccc3c2c1.Cc1cnc2sc3ccccc3c2c1.Cc1ncc2sc3ccccc3c2n1.Cc1ncc2sc3ccccc3c2n1. The van der Waals surface area contributed by atoms with Crippen molar-refractivity contribution >= 4 is 256 Å². The number of aromatic nitrogens is 10. The maximum atomic E-state index is 5.64. The fourth-order valence-corrected chi connectivity index (χ4v) is 21.8. The van der Waals surface area contributed by atoms with E-state index in [0.717, 1.165) is 137 Å². The molecule has 0 aliphatic rings. The van der Waals surface area contributed by atoms with Crippen LogP contribution in [0.15, 0.2) is 360 Å². The second-order valence-electron chi connectivity index (χ2n) is 32.1. The maximum Gasteiger partial charge on any atom is 0.227 e. The number of para-hydroxylation sites is 3. The molecule has 12 aromatic carbocycles. The first-order valence-electron chi connectivity index (χ1n) is 43.1. The Morgan fingerprint density at radius 2 is 0.588 bits per heavy atom. The van der Waals surface area contributed by atoms with Crippen LogP contribution in [0, 0.1) is 62.3 Å². The summed E-state index contributed by atoms with van der Waals surface area (Å²) in [5.41, 5.74) is 17.4. The van der Waals surface area contributed by atoms with Gasteiger partial charge in [0.15, 0.2) is 11.2 Å². The molecule has 131 heavy (non-hydrogen) atoms. The van der Waals surface area contributed by atoms with E-state index in [1.807, 2.05) is 187 Å². The van der Waals surface area contributed by atoms with Gasteiger partial charge in [-0.25, -0.2) is 34.9 Å². The number of rotatable bonds is 0. The number of hydrogen-bond donors (Lipinski definition) is 0. The van der Waals surface area contributed by atoms with Crippen LogP contribution < -0.4 is 0 Å². The normalized spacial score (nSPS) is 11.2. The van der Waals surface area contributed by atoms with Gasteiger partial charge in [0.1, 0.15) is 38.7 Å². The van der Waals surface area contributed by atoms with Crippen LogP contribution in [0.25, 0.3) is 200 Å². The summed E-state index contributed by atoms with van der Waals surface area (Å²) in [4.78, 5) is 44.7. The summed E-state index contributed by atoms with van der Waals surface area (Å²) in [6.07, 6.45) is 11.3. The molecule has 0 amide bonds. The minimum atomic E-state index is 0.719. The lowest BCUT2D eigenvalue weighted by Crippen LogP contribution is -1.85. The van der Waals surface area contributed by atoms with Gasteiger partial charge in [0.2, 0.25) is 5.71 Å². The van der Waals surface area contributed by atoms with Crippen molar-refractivity contribution in [3.05, 3.63) is 398 Å². The van der Waals surface area contributed by atoms with Gasteiger partial charge in [0.25, 0.3) is 0 Å². The van der Waals surface area contributed by atoms with Crippen LogP contribution in [0.2, 0.25) is 0 Å². The summed E-state index contributed by atoms with van der Waals surface area (Å²) in [6.45, 7) is 18.2. The monoisotopic (exact) mass is 1790 g/mol. The van der Waals surface area contributed by atoms with Gasteiger partial charge in [-0.15, -0.1) is 56.7 Å². The summed E-state index contributed by atoms with van der Waals surface area (Å²) in [5, 5.41) is 22.8. The second-order valence-corrected chi connectivity index (χ2v) is 37.5. The third-order valence-corrected chi connectivity index (χ3v) is 28.2. The van der Waals surface area contributed by atoms with E-state index >= 15 is 0 Å². The molecule has 0 fully saturated rings. The van der Waals surface area contributed by atoms with E-state index < -0.39 is 0 Å². The topological polar surface area (TPSA) is 168 Å². The number of aryl methyl sites for hydroxylation is 9. The molecule has 13 nitrogen and oxygen atoms in total. The Morgan fingerprint density at radius 3 is 1.18 bits per heavy atom. The number of thiophene rings is 5. The van der Waals surface area contributed by atoms with Crippen LogP contribution in [0.3, 0.4) is 0 Å². The van der Waals surface area contributed by atoms with Gasteiger partial charge in [-0.3, -0.25) is 15.0 Å². The Hall–Kier alpha value is -15.0. The molecule has 18 heteroatoms.